The van der Waals surface area contributed by atoms with Crippen molar-refractivity contribution in [3.05, 3.63) is 71.0 Å². The Hall–Kier alpha value is -1.93. The van der Waals surface area contributed by atoms with Crippen molar-refractivity contribution in [2.45, 2.75) is 0 Å². The largest absolute Gasteiger partial charge is 0.289 e. The molecule has 84 valence electrons. The van der Waals surface area contributed by atoms with Gasteiger partial charge in [-0.25, -0.2) is 0 Å². The minimum atomic E-state index is -0.0395. The molecule has 0 saturated carbocycles. The number of rotatable bonds is 3. The van der Waals surface area contributed by atoms with Gasteiger partial charge in [-0.3, -0.25) is 9.78 Å². The third-order valence-corrected chi connectivity index (χ3v) is 2.51. The van der Waals surface area contributed by atoms with E-state index < -0.39 is 0 Å². The first-order chi connectivity index (χ1) is 8.25. The molecule has 17 heavy (non-hydrogen) atoms. The van der Waals surface area contributed by atoms with Crippen LogP contribution < -0.4 is 0 Å². The van der Waals surface area contributed by atoms with E-state index in [4.69, 9.17) is 11.6 Å². The van der Waals surface area contributed by atoms with Gasteiger partial charge in [-0.1, -0.05) is 29.8 Å². The van der Waals surface area contributed by atoms with Crippen molar-refractivity contribution in [3.63, 3.8) is 0 Å². The van der Waals surface area contributed by atoms with Crippen LogP contribution in [0.3, 0.4) is 0 Å². The van der Waals surface area contributed by atoms with Gasteiger partial charge < -0.3 is 0 Å². The summed E-state index contributed by atoms with van der Waals surface area (Å²) in [5.41, 5.74) is 1.57. The molecule has 0 N–H and O–H groups in total. The average molecular weight is 244 g/mol. The maximum absolute atomic E-state index is 11.7. The zero-order chi connectivity index (χ0) is 12.1. The van der Waals surface area contributed by atoms with E-state index in [2.05, 4.69) is 4.98 Å². The fourth-order valence-electron chi connectivity index (χ4n) is 1.36. The third-order valence-electron chi connectivity index (χ3n) is 2.26. The lowest BCUT2D eigenvalue weighted by Crippen LogP contribution is -1.93. The Bertz CT molecular complexity index is 532. The molecule has 1 heterocycles. The highest BCUT2D eigenvalue weighted by atomic mass is 35.5. The SMILES string of the molecule is O=C(/C=C\c1ccc(Cl)cc1)c1ccncc1. The highest BCUT2D eigenvalue weighted by molar-refractivity contribution is 6.30. The number of carbonyl (C=O) groups is 1. The van der Waals surface area contributed by atoms with E-state index in [0.717, 1.165) is 5.56 Å². The van der Waals surface area contributed by atoms with Crippen LogP contribution in [0.2, 0.25) is 5.02 Å². The first kappa shape index (κ1) is 11.6. The van der Waals surface area contributed by atoms with E-state index in [1.54, 1.807) is 48.8 Å². The molecule has 1 aromatic carbocycles. The smallest absolute Gasteiger partial charge is 0.185 e. The maximum Gasteiger partial charge on any atom is 0.185 e. The molecule has 3 heteroatoms. The number of aromatic nitrogens is 1. The Morgan fingerprint density at radius 3 is 2.35 bits per heavy atom. The number of benzene rings is 1. The Morgan fingerprint density at radius 2 is 1.71 bits per heavy atom. The number of ketones is 1. The second-order valence-corrected chi connectivity index (χ2v) is 3.92. The Morgan fingerprint density at radius 1 is 1.06 bits per heavy atom. The van der Waals surface area contributed by atoms with Crippen molar-refractivity contribution in [2.75, 3.05) is 0 Å². The number of hydrogen-bond donors (Lipinski definition) is 0. The summed E-state index contributed by atoms with van der Waals surface area (Å²) < 4.78 is 0. The summed E-state index contributed by atoms with van der Waals surface area (Å²) in [5, 5.41) is 0.683. The van der Waals surface area contributed by atoms with Crippen molar-refractivity contribution in [1.29, 1.82) is 0 Å². The number of allylic oxidation sites excluding steroid dienone is 1. The van der Waals surface area contributed by atoms with Crippen LogP contribution in [0.15, 0.2) is 54.9 Å². The molecule has 2 nitrogen and oxygen atoms in total. The van der Waals surface area contributed by atoms with Gasteiger partial charge in [0.2, 0.25) is 0 Å². The zero-order valence-corrected chi connectivity index (χ0v) is 9.76. The number of carbonyl (C=O) groups excluding carboxylic acids is 1. The van der Waals surface area contributed by atoms with Gasteiger partial charge in [-0.15, -0.1) is 0 Å². The molecule has 1 aromatic heterocycles. The van der Waals surface area contributed by atoms with Gasteiger partial charge in [0.1, 0.15) is 0 Å². The summed E-state index contributed by atoms with van der Waals surface area (Å²) >= 11 is 5.77. The molecular weight excluding hydrogens is 234 g/mol. The molecule has 2 aromatic rings. The quantitative estimate of drug-likeness (QED) is 0.609. The Labute approximate surface area is 105 Å². The van der Waals surface area contributed by atoms with Crippen LogP contribution in [0.1, 0.15) is 15.9 Å². The van der Waals surface area contributed by atoms with E-state index in [1.807, 2.05) is 12.1 Å². The molecule has 0 amide bonds. The van der Waals surface area contributed by atoms with E-state index in [0.29, 0.717) is 10.6 Å². The molecule has 0 unspecified atom stereocenters. The molecule has 0 atom stereocenters. The van der Waals surface area contributed by atoms with Crippen LogP contribution in [0.4, 0.5) is 0 Å². The van der Waals surface area contributed by atoms with Crippen LogP contribution in [0.25, 0.3) is 6.08 Å². The maximum atomic E-state index is 11.7. The fourth-order valence-corrected chi connectivity index (χ4v) is 1.48. The van der Waals surface area contributed by atoms with E-state index in [1.165, 1.54) is 0 Å². The van der Waals surface area contributed by atoms with Gasteiger partial charge in [0, 0.05) is 23.0 Å². The van der Waals surface area contributed by atoms with Crippen molar-refractivity contribution < 1.29 is 4.79 Å². The average Bonchev–Trinajstić information content (AvgIpc) is 2.39. The van der Waals surface area contributed by atoms with Crippen LogP contribution >= 0.6 is 11.6 Å². The molecule has 0 spiro atoms. The van der Waals surface area contributed by atoms with Crippen LogP contribution in [0, 0.1) is 0 Å². The normalized spacial score (nSPS) is 10.6. The summed E-state index contributed by atoms with van der Waals surface area (Å²) in [6.07, 6.45) is 6.50. The predicted molar refractivity (Wildman–Crippen MR) is 69.1 cm³/mol. The molecule has 0 radical (unpaired) electrons. The fraction of sp³-hybridized carbons (Fsp3) is 0. The minimum absolute atomic E-state index is 0.0395. The molecule has 0 aliphatic heterocycles. The monoisotopic (exact) mass is 243 g/mol. The van der Waals surface area contributed by atoms with E-state index in [9.17, 15) is 4.79 Å². The number of halogens is 1. The van der Waals surface area contributed by atoms with Gasteiger partial charge in [0.25, 0.3) is 0 Å². The second-order valence-electron chi connectivity index (χ2n) is 3.49. The molecule has 0 saturated heterocycles. The van der Waals surface area contributed by atoms with E-state index in [-0.39, 0.29) is 5.78 Å². The molecule has 0 aliphatic carbocycles. The van der Waals surface area contributed by atoms with Crippen molar-refractivity contribution in [3.8, 4) is 0 Å². The topological polar surface area (TPSA) is 30.0 Å². The van der Waals surface area contributed by atoms with Gasteiger partial charge in [-0.2, -0.15) is 0 Å². The number of nitrogens with zero attached hydrogens (tertiary/aromatic N) is 1. The third kappa shape index (κ3) is 3.26. The van der Waals surface area contributed by atoms with Crippen LogP contribution in [0.5, 0.6) is 0 Å². The van der Waals surface area contributed by atoms with Gasteiger partial charge >= 0.3 is 0 Å². The molecule has 0 fully saturated rings. The lowest BCUT2D eigenvalue weighted by atomic mass is 10.1. The highest BCUT2D eigenvalue weighted by Crippen LogP contribution is 2.11. The van der Waals surface area contributed by atoms with Crippen molar-refractivity contribution in [2.24, 2.45) is 0 Å². The minimum Gasteiger partial charge on any atom is -0.289 e. The summed E-state index contributed by atoms with van der Waals surface area (Å²) in [6.45, 7) is 0. The van der Waals surface area contributed by atoms with Crippen LogP contribution in [-0.4, -0.2) is 10.8 Å². The van der Waals surface area contributed by atoms with E-state index >= 15 is 0 Å². The molecular formula is C14H10ClNO. The molecule has 2 rings (SSSR count). The van der Waals surface area contributed by atoms with Crippen molar-refractivity contribution >= 4 is 23.5 Å². The first-order valence-corrected chi connectivity index (χ1v) is 5.51. The standard InChI is InChI=1S/C14H10ClNO/c15-13-4-1-11(2-5-13)3-6-14(17)12-7-9-16-10-8-12/h1-10H/b6-3-. The van der Waals surface area contributed by atoms with Crippen LogP contribution in [-0.2, 0) is 0 Å². The second kappa shape index (κ2) is 5.41. The highest BCUT2D eigenvalue weighted by Gasteiger charge is 1.99. The summed E-state index contributed by atoms with van der Waals surface area (Å²) in [7, 11) is 0. The summed E-state index contributed by atoms with van der Waals surface area (Å²) in [6, 6.07) is 10.7. The Kier molecular flexibility index (Phi) is 3.68. The molecule has 0 aliphatic rings. The lowest BCUT2D eigenvalue weighted by Gasteiger charge is -1.95. The van der Waals surface area contributed by atoms with Crippen molar-refractivity contribution in [1.82, 2.24) is 4.98 Å². The van der Waals surface area contributed by atoms with Gasteiger partial charge in [-0.05, 0) is 35.9 Å². The molecule has 0 bridgehead atoms. The number of pyridine rings is 1. The summed E-state index contributed by atoms with van der Waals surface area (Å²) in [4.78, 5) is 15.6. The zero-order valence-electron chi connectivity index (χ0n) is 9.01. The number of hydrogen-bond acceptors (Lipinski definition) is 2. The van der Waals surface area contributed by atoms with Gasteiger partial charge in [0.15, 0.2) is 5.78 Å². The summed E-state index contributed by atoms with van der Waals surface area (Å²) in [5.74, 6) is -0.0395. The Balaban J connectivity index is 2.11. The predicted octanol–water partition coefficient (Wildman–Crippen LogP) is 3.63. The lowest BCUT2D eigenvalue weighted by molar-refractivity contribution is 0.104. The van der Waals surface area contributed by atoms with Gasteiger partial charge in [0.05, 0.1) is 0 Å². The first-order valence-electron chi connectivity index (χ1n) is 5.14.